The first-order valence-corrected chi connectivity index (χ1v) is 6.81. The van der Waals surface area contributed by atoms with Gasteiger partial charge in [0.05, 0.1) is 11.3 Å². The number of nitrogens with zero attached hydrogens (tertiary/aromatic N) is 2. The fraction of sp³-hybridized carbons (Fsp3) is 0.714. The molecule has 0 saturated carbocycles. The van der Waals surface area contributed by atoms with Gasteiger partial charge in [0.25, 0.3) is 0 Å². The maximum Gasteiger partial charge on any atom is 0.223 e. The lowest BCUT2D eigenvalue weighted by molar-refractivity contribution is -0.137. The van der Waals surface area contributed by atoms with E-state index in [1.54, 1.807) is 11.8 Å². The van der Waals surface area contributed by atoms with Crippen LogP contribution in [-0.2, 0) is 11.2 Å². The Morgan fingerprint density at radius 3 is 2.84 bits per heavy atom. The average molecular weight is 266 g/mol. The van der Waals surface area contributed by atoms with Crippen LogP contribution in [0.1, 0.15) is 43.2 Å². The zero-order valence-electron chi connectivity index (χ0n) is 11.9. The van der Waals surface area contributed by atoms with Crippen molar-refractivity contribution in [2.45, 2.75) is 52.1 Å². The van der Waals surface area contributed by atoms with Crippen molar-refractivity contribution in [3.8, 4) is 0 Å². The summed E-state index contributed by atoms with van der Waals surface area (Å²) in [6, 6.07) is 0. The summed E-state index contributed by atoms with van der Waals surface area (Å²) < 4.78 is 5.09. The number of carbonyl (C=O) groups is 1. The Hall–Kier alpha value is -1.36. The molecule has 1 aliphatic rings. The van der Waals surface area contributed by atoms with Crippen LogP contribution in [0.5, 0.6) is 0 Å². The van der Waals surface area contributed by atoms with Crippen LogP contribution in [0.2, 0.25) is 0 Å². The molecule has 0 radical (unpaired) electrons. The molecule has 1 aromatic rings. The summed E-state index contributed by atoms with van der Waals surface area (Å²) in [6.07, 6.45) is 2.72. The molecule has 0 spiro atoms. The second-order valence-electron chi connectivity index (χ2n) is 5.72. The second kappa shape index (κ2) is 5.33. The van der Waals surface area contributed by atoms with Gasteiger partial charge in [0.15, 0.2) is 0 Å². The van der Waals surface area contributed by atoms with Crippen molar-refractivity contribution < 1.29 is 14.4 Å². The number of β-amino-alcohol motifs (C(OH)–C–C–N with tert-alkyl or cyclic N) is 1. The molecular weight excluding hydrogens is 244 g/mol. The van der Waals surface area contributed by atoms with Crippen molar-refractivity contribution in [1.82, 2.24) is 10.1 Å². The van der Waals surface area contributed by atoms with Gasteiger partial charge in [0, 0.05) is 25.1 Å². The molecule has 1 unspecified atom stereocenters. The van der Waals surface area contributed by atoms with Gasteiger partial charge in [-0.15, -0.1) is 0 Å². The van der Waals surface area contributed by atoms with E-state index >= 15 is 0 Å². The van der Waals surface area contributed by atoms with E-state index < -0.39 is 5.60 Å². The molecule has 1 aliphatic heterocycles. The number of hydrogen-bond acceptors (Lipinski definition) is 4. The third kappa shape index (κ3) is 3.35. The highest BCUT2D eigenvalue weighted by molar-refractivity contribution is 5.76. The number of aromatic nitrogens is 1. The first-order valence-electron chi connectivity index (χ1n) is 6.81. The second-order valence-corrected chi connectivity index (χ2v) is 5.72. The minimum absolute atomic E-state index is 0.0972. The van der Waals surface area contributed by atoms with Gasteiger partial charge >= 0.3 is 0 Å². The topological polar surface area (TPSA) is 66.6 Å². The van der Waals surface area contributed by atoms with Crippen LogP contribution in [0, 0.1) is 13.8 Å². The van der Waals surface area contributed by atoms with Gasteiger partial charge < -0.3 is 14.5 Å². The minimum Gasteiger partial charge on any atom is -0.388 e. The molecule has 1 N–H and O–H groups in total. The molecular formula is C14H22N2O3. The zero-order chi connectivity index (χ0) is 14.0. The number of hydrogen-bond donors (Lipinski definition) is 1. The highest BCUT2D eigenvalue weighted by atomic mass is 16.5. The normalized spacial score (nSPS) is 23.7. The Balaban J connectivity index is 1.91. The summed E-state index contributed by atoms with van der Waals surface area (Å²) in [4.78, 5) is 13.9. The van der Waals surface area contributed by atoms with Crippen LogP contribution in [0.4, 0.5) is 0 Å². The van der Waals surface area contributed by atoms with E-state index in [0.29, 0.717) is 19.4 Å². The molecule has 1 fully saturated rings. The van der Waals surface area contributed by atoms with E-state index in [9.17, 15) is 9.90 Å². The molecule has 0 aromatic carbocycles. The van der Waals surface area contributed by atoms with Crippen LogP contribution in [0.3, 0.4) is 0 Å². The standard InChI is InChI=1S/C14H22N2O3/c1-10-12(11(2)19-15-10)5-6-13(17)16-8-4-7-14(3,18)9-16/h18H,4-9H2,1-3H3. The van der Waals surface area contributed by atoms with Gasteiger partial charge in [0.1, 0.15) is 5.76 Å². The summed E-state index contributed by atoms with van der Waals surface area (Å²) in [5.41, 5.74) is 1.14. The maximum atomic E-state index is 12.2. The van der Waals surface area contributed by atoms with Gasteiger partial charge in [-0.1, -0.05) is 5.16 Å². The molecule has 1 saturated heterocycles. The van der Waals surface area contributed by atoms with Crippen LogP contribution < -0.4 is 0 Å². The third-order valence-electron chi connectivity index (χ3n) is 3.80. The Labute approximate surface area is 113 Å². The predicted molar refractivity (Wildman–Crippen MR) is 70.7 cm³/mol. The van der Waals surface area contributed by atoms with Gasteiger partial charge in [-0.25, -0.2) is 0 Å². The number of amides is 1. The quantitative estimate of drug-likeness (QED) is 0.902. The molecule has 2 heterocycles. The van der Waals surface area contributed by atoms with Crippen LogP contribution in [-0.4, -0.2) is 39.8 Å². The molecule has 106 valence electrons. The molecule has 0 bridgehead atoms. The monoisotopic (exact) mass is 266 g/mol. The lowest BCUT2D eigenvalue weighted by Crippen LogP contribution is -2.48. The zero-order valence-corrected chi connectivity index (χ0v) is 11.9. The molecule has 2 rings (SSSR count). The molecule has 19 heavy (non-hydrogen) atoms. The number of aryl methyl sites for hydroxylation is 2. The first kappa shape index (κ1) is 14.1. The van der Waals surface area contributed by atoms with Gasteiger partial charge in [-0.05, 0) is 40.0 Å². The van der Waals surface area contributed by atoms with Crippen molar-refractivity contribution >= 4 is 5.91 Å². The maximum absolute atomic E-state index is 12.2. The average Bonchev–Trinajstić information content (AvgIpc) is 2.65. The Morgan fingerprint density at radius 1 is 1.53 bits per heavy atom. The Morgan fingerprint density at radius 2 is 2.26 bits per heavy atom. The first-order chi connectivity index (χ1) is 8.89. The summed E-state index contributed by atoms with van der Waals surface area (Å²) in [7, 11) is 0. The Kier molecular flexibility index (Phi) is 3.94. The highest BCUT2D eigenvalue weighted by Crippen LogP contribution is 2.21. The minimum atomic E-state index is -0.739. The van der Waals surface area contributed by atoms with Crippen molar-refractivity contribution in [3.05, 3.63) is 17.0 Å². The number of piperidine rings is 1. The van der Waals surface area contributed by atoms with Crippen LogP contribution in [0.15, 0.2) is 4.52 Å². The molecule has 1 atom stereocenters. The smallest absolute Gasteiger partial charge is 0.223 e. The number of carbonyl (C=O) groups excluding carboxylic acids is 1. The summed E-state index contributed by atoms with van der Waals surface area (Å²) in [5.74, 6) is 0.885. The van der Waals surface area contributed by atoms with Gasteiger partial charge in [0.2, 0.25) is 5.91 Å². The fourth-order valence-electron chi connectivity index (χ4n) is 2.68. The molecule has 5 nitrogen and oxygen atoms in total. The number of likely N-dealkylation sites (tertiary alicyclic amines) is 1. The van der Waals surface area contributed by atoms with Crippen LogP contribution in [0.25, 0.3) is 0 Å². The van der Waals surface area contributed by atoms with Gasteiger partial charge in [-0.3, -0.25) is 4.79 Å². The van der Waals surface area contributed by atoms with E-state index in [-0.39, 0.29) is 5.91 Å². The van der Waals surface area contributed by atoms with E-state index in [0.717, 1.165) is 36.4 Å². The van der Waals surface area contributed by atoms with E-state index in [1.165, 1.54) is 0 Å². The van der Waals surface area contributed by atoms with Crippen molar-refractivity contribution in [2.75, 3.05) is 13.1 Å². The lowest BCUT2D eigenvalue weighted by Gasteiger charge is -2.36. The predicted octanol–water partition coefficient (Wildman–Crippen LogP) is 1.60. The van der Waals surface area contributed by atoms with E-state index in [4.69, 9.17) is 4.52 Å². The fourth-order valence-corrected chi connectivity index (χ4v) is 2.68. The largest absolute Gasteiger partial charge is 0.388 e. The van der Waals surface area contributed by atoms with E-state index in [2.05, 4.69) is 5.16 Å². The molecule has 0 aliphatic carbocycles. The SMILES string of the molecule is Cc1noc(C)c1CCC(=O)N1CCCC(C)(O)C1. The lowest BCUT2D eigenvalue weighted by atomic mass is 9.94. The highest BCUT2D eigenvalue weighted by Gasteiger charge is 2.30. The summed E-state index contributed by atoms with van der Waals surface area (Å²) in [5, 5.41) is 13.9. The van der Waals surface area contributed by atoms with Gasteiger partial charge in [-0.2, -0.15) is 0 Å². The Bertz CT molecular complexity index is 446. The third-order valence-corrected chi connectivity index (χ3v) is 3.80. The van der Waals surface area contributed by atoms with Crippen LogP contribution >= 0.6 is 0 Å². The molecule has 1 aromatic heterocycles. The molecule has 1 amide bonds. The van der Waals surface area contributed by atoms with E-state index in [1.807, 2.05) is 13.8 Å². The summed E-state index contributed by atoms with van der Waals surface area (Å²) in [6.45, 7) is 6.73. The molecule has 5 heteroatoms. The van der Waals surface area contributed by atoms with Crippen molar-refractivity contribution in [1.29, 1.82) is 0 Å². The summed E-state index contributed by atoms with van der Waals surface area (Å²) >= 11 is 0. The number of rotatable bonds is 3. The number of aliphatic hydroxyl groups is 1. The van der Waals surface area contributed by atoms with Crippen molar-refractivity contribution in [2.24, 2.45) is 0 Å². The van der Waals surface area contributed by atoms with Crippen molar-refractivity contribution in [3.63, 3.8) is 0 Å².